The van der Waals surface area contributed by atoms with E-state index in [1.807, 2.05) is 24.3 Å². The number of fused-ring (bicyclic) bond motifs is 8. The van der Waals surface area contributed by atoms with Crippen LogP contribution >= 0.6 is 0 Å². The predicted octanol–water partition coefficient (Wildman–Crippen LogP) is 8.02. The molecule has 3 aromatic heterocycles. The van der Waals surface area contributed by atoms with Crippen LogP contribution in [0.3, 0.4) is 0 Å². The molecule has 0 spiro atoms. The summed E-state index contributed by atoms with van der Waals surface area (Å²) in [4.78, 5) is 5.15. The molecule has 0 amide bonds. The molecule has 3 heterocycles. The van der Waals surface area contributed by atoms with Crippen molar-refractivity contribution in [2.75, 3.05) is 0 Å². The van der Waals surface area contributed by atoms with Crippen LogP contribution in [0, 0.1) is 0 Å². The normalized spacial score (nSPS) is 12.0. The van der Waals surface area contributed by atoms with Crippen molar-refractivity contribution in [2.45, 2.75) is 0 Å². The smallest absolute Gasteiger partial charge is 0.220 e. The van der Waals surface area contributed by atoms with Crippen molar-refractivity contribution < 1.29 is 4.42 Å². The largest absolute Gasteiger partial charge is 0.455 e. The van der Waals surface area contributed by atoms with E-state index >= 15 is 0 Å². The summed E-state index contributed by atoms with van der Waals surface area (Å²) in [6.45, 7) is 0. The molecule has 0 bridgehead atoms. The Morgan fingerprint density at radius 1 is 0.514 bits per heavy atom. The molecule has 5 aromatic carbocycles. The van der Waals surface area contributed by atoms with Gasteiger partial charge in [-0.2, -0.15) is 0 Å². The Morgan fingerprint density at radius 2 is 1.23 bits per heavy atom. The second-order valence-corrected chi connectivity index (χ2v) is 8.86. The molecule has 0 aliphatic heterocycles. The molecule has 4 heteroatoms. The van der Waals surface area contributed by atoms with Crippen molar-refractivity contribution in [1.82, 2.24) is 14.1 Å². The summed E-state index contributed by atoms with van der Waals surface area (Å²) in [5, 5.41) is 4.53. The molecule has 35 heavy (non-hydrogen) atoms. The van der Waals surface area contributed by atoms with Gasteiger partial charge in [-0.25, -0.2) is 4.98 Å². The SMILES string of the molecule is c1ccc(-n2c(-n3c4ccccc4c4c5oc6ccccc6c5ccc43)nc3ccccc32)cc1. The second kappa shape index (κ2) is 6.84. The average Bonchev–Trinajstić information content (AvgIpc) is 3.58. The van der Waals surface area contributed by atoms with Crippen LogP contribution in [0.4, 0.5) is 0 Å². The maximum atomic E-state index is 6.46. The van der Waals surface area contributed by atoms with Crippen LogP contribution in [0.2, 0.25) is 0 Å². The highest BCUT2D eigenvalue weighted by molar-refractivity contribution is 6.23. The minimum absolute atomic E-state index is 0.860. The number of para-hydroxylation sites is 5. The van der Waals surface area contributed by atoms with Gasteiger partial charge in [0.1, 0.15) is 11.2 Å². The minimum Gasteiger partial charge on any atom is -0.455 e. The number of hydrogen-bond acceptors (Lipinski definition) is 2. The zero-order valence-corrected chi connectivity index (χ0v) is 18.7. The highest BCUT2D eigenvalue weighted by atomic mass is 16.3. The van der Waals surface area contributed by atoms with Gasteiger partial charge in [0.05, 0.1) is 27.5 Å². The Balaban J connectivity index is 1.58. The van der Waals surface area contributed by atoms with Crippen LogP contribution in [0.25, 0.3) is 66.4 Å². The van der Waals surface area contributed by atoms with Gasteiger partial charge in [0.15, 0.2) is 0 Å². The zero-order chi connectivity index (χ0) is 22.9. The van der Waals surface area contributed by atoms with Crippen molar-refractivity contribution in [3.05, 3.63) is 115 Å². The second-order valence-electron chi connectivity index (χ2n) is 8.86. The molecule has 0 saturated carbocycles. The molecule has 0 fully saturated rings. The van der Waals surface area contributed by atoms with E-state index in [9.17, 15) is 0 Å². The third-order valence-electron chi connectivity index (χ3n) is 6.94. The highest BCUT2D eigenvalue weighted by Crippen LogP contribution is 2.40. The van der Waals surface area contributed by atoms with Gasteiger partial charge in [0, 0.05) is 21.8 Å². The third kappa shape index (κ3) is 2.48. The van der Waals surface area contributed by atoms with E-state index in [2.05, 4.69) is 100 Å². The van der Waals surface area contributed by atoms with Gasteiger partial charge >= 0.3 is 0 Å². The van der Waals surface area contributed by atoms with E-state index in [4.69, 9.17) is 9.40 Å². The summed E-state index contributed by atoms with van der Waals surface area (Å²) in [6.07, 6.45) is 0. The Morgan fingerprint density at radius 3 is 2.11 bits per heavy atom. The van der Waals surface area contributed by atoms with Gasteiger partial charge in [-0.3, -0.25) is 9.13 Å². The lowest BCUT2D eigenvalue weighted by Gasteiger charge is -2.12. The number of hydrogen-bond donors (Lipinski definition) is 0. The van der Waals surface area contributed by atoms with Crippen molar-refractivity contribution >= 4 is 54.8 Å². The Bertz CT molecular complexity index is 2060. The summed E-state index contributed by atoms with van der Waals surface area (Å²) >= 11 is 0. The van der Waals surface area contributed by atoms with Crippen LogP contribution in [-0.4, -0.2) is 14.1 Å². The van der Waals surface area contributed by atoms with Crippen LogP contribution in [0.5, 0.6) is 0 Å². The molecule has 4 nitrogen and oxygen atoms in total. The predicted molar refractivity (Wildman–Crippen MR) is 143 cm³/mol. The maximum Gasteiger partial charge on any atom is 0.220 e. The lowest BCUT2D eigenvalue weighted by atomic mass is 10.1. The molecule has 8 rings (SSSR count). The van der Waals surface area contributed by atoms with Gasteiger partial charge in [-0.05, 0) is 48.5 Å². The van der Waals surface area contributed by atoms with Gasteiger partial charge in [0.25, 0.3) is 0 Å². The van der Waals surface area contributed by atoms with E-state index in [-0.39, 0.29) is 0 Å². The Hall–Kier alpha value is -4.83. The quantitative estimate of drug-likeness (QED) is 0.268. The molecule has 0 unspecified atom stereocenters. The number of benzene rings is 5. The fourth-order valence-electron chi connectivity index (χ4n) is 5.45. The summed E-state index contributed by atoms with van der Waals surface area (Å²) in [6, 6.07) is 39.9. The molecular weight excluding hydrogens is 430 g/mol. The summed E-state index contributed by atoms with van der Waals surface area (Å²) in [7, 11) is 0. The number of rotatable bonds is 2. The van der Waals surface area contributed by atoms with E-state index in [0.29, 0.717) is 0 Å². The fraction of sp³-hybridized carbons (Fsp3) is 0. The molecule has 0 atom stereocenters. The van der Waals surface area contributed by atoms with Crippen molar-refractivity contribution in [2.24, 2.45) is 0 Å². The zero-order valence-electron chi connectivity index (χ0n) is 18.7. The van der Waals surface area contributed by atoms with Crippen molar-refractivity contribution in [3.63, 3.8) is 0 Å². The lowest BCUT2D eigenvalue weighted by Crippen LogP contribution is -2.05. The summed E-state index contributed by atoms with van der Waals surface area (Å²) < 4.78 is 11.0. The molecule has 8 aromatic rings. The van der Waals surface area contributed by atoms with E-state index < -0.39 is 0 Å². The fourth-order valence-corrected chi connectivity index (χ4v) is 5.45. The van der Waals surface area contributed by atoms with Crippen LogP contribution in [0.15, 0.2) is 120 Å². The van der Waals surface area contributed by atoms with Crippen LogP contribution in [0.1, 0.15) is 0 Å². The molecule has 0 radical (unpaired) electrons. The molecule has 0 aliphatic rings. The number of furan rings is 1. The maximum absolute atomic E-state index is 6.46. The number of aromatic nitrogens is 3. The minimum atomic E-state index is 0.860. The van der Waals surface area contributed by atoms with Gasteiger partial charge in [-0.15, -0.1) is 0 Å². The molecule has 164 valence electrons. The molecular formula is C31H19N3O. The summed E-state index contributed by atoms with van der Waals surface area (Å²) in [5.41, 5.74) is 7.11. The average molecular weight is 450 g/mol. The van der Waals surface area contributed by atoms with E-state index in [1.165, 1.54) is 0 Å². The standard InChI is InChI=1S/C31H19N3O/c1-2-10-20(11-3-1)33-26-16-8-6-14-24(26)32-31(33)34-25-15-7-4-13-23(25)29-27(34)19-18-22-21-12-5-9-17-28(21)35-30(22)29/h1-19H. The topological polar surface area (TPSA) is 35.9 Å². The highest BCUT2D eigenvalue weighted by Gasteiger charge is 2.22. The first kappa shape index (κ1) is 18.6. The Kier molecular flexibility index (Phi) is 3.63. The molecule has 0 N–H and O–H groups in total. The van der Waals surface area contributed by atoms with E-state index in [1.54, 1.807) is 0 Å². The molecule has 0 aliphatic carbocycles. The first-order chi connectivity index (χ1) is 17.4. The van der Waals surface area contributed by atoms with Crippen molar-refractivity contribution in [3.8, 4) is 11.6 Å². The molecule has 0 saturated heterocycles. The van der Waals surface area contributed by atoms with Gasteiger partial charge in [-0.1, -0.05) is 66.7 Å². The number of nitrogens with zero attached hydrogens (tertiary/aromatic N) is 3. The monoisotopic (exact) mass is 449 g/mol. The summed E-state index contributed by atoms with van der Waals surface area (Å²) in [5.74, 6) is 0.860. The first-order valence-electron chi connectivity index (χ1n) is 11.8. The third-order valence-corrected chi connectivity index (χ3v) is 6.94. The van der Waals surface area contributed by atoms with Gasteiger partial charge in [0.2, 0.25) is 5.95 Å². The number of imidazole rings is 1. The first-order valence-corrected chi connectivity index (χ1v) is 11.8. The van der Waals surface area contributed by atoms with Crippen molar-refractivity contribution in [1.29, 1.82) is 0 Å². The van der Waals surface area contributed by atoms with E-state index in [0.717, 1.165) is 66.4 Å². The lowest BCUT2D eigenvalue weighted by molar-refractivity contribution is 0.673. The Labute approximate surface area is 200 Å². The van der Waals surface area contributed by atoms with Gasteiger partial charge < -0.3 is 4.42 Å². The van der Waals surface area contributed by atoms with Crippen LogP contribution in [-0.2, 0) is 0 Å². The van der Waals surface area contributed by atoms with Crippen LogP contribution < -0.4 is 0 Å².